The minimum Gasteiger partial charge on any atom is -0.273 e. The van der Waals surface area contributed by atoms with E-state index in [0.717, 1.165) is 0 Å². The van der Waals surface area contributed by atoms with Gasteiger partial charge >= 0.3 is 0 Å². The second-order valence-corrected chi connectivity index (χ2v) is 3.26. The number of nitrogens with one attached hydrogen (secondary N) is 1. The molecule has 0 aromatic carbocycles. The molecule has 10 heavy (non-hydrogen) atoms. The molecule has 0 aliphatic heterocycles. The van der Waals surface area contributed by atoms with Gasteiger partial charge in [0.1, 0.15) is 0 Å². The van der Waals surface area contributed by atoms with Crippen molar-refractivity contribution in [2.45, 2.75) is 19.8 Å². The fraction of sp³-hybridized carbons (Fsp3) is 0.750. The third-order valence-corrected chi connectivity index (χ3v) is 1.27. The van der Waals surface area contributed by atoms with Gasteiger partial charge in [0.15, 0.2) is 0 Å². The Hall–Kier alpha value is -0.300. The summed E-state index contributed by atoms with van der Waals surface area (Å²) < 4.78 is 18.9. The number of rotatable bonds is 3. The molecule has 6 heteroatoms. The number of hydrogen-bond donors (Lipinski definition) is 4. The summed E-state index contributed by atoms with van der Waals surface area (Å²) in [5.74, 6) is -0.440. The SMILES string of the molecule is CCCC(=O)NS(N)(O)O. The molecule has 0 aliphatic rings. The highest BCUT2D eigenvalue weighted by Gasteiger charge is 2.07. The van der Waals surface area contributed by atoms with Crippen molar-refractivity contribution in [2.24, 2.45) is 5.14 Å². The van der Waals surface area contributed by atoms with E-state index in [1.54, 1.807) is 0 Å². The summed E-state index contributed by atoms with van der Waals surface area (Å²) in [5.41, 5.74) is 0. The zero-order valence-electron chi connectivity index (χ0n) is 5.70. The molecule has 0 unspecified atom stereocenters. The molecule has 5 N–H and O–H groups in total. The van der Waals surface area contributed by atoms with Crippen LogP contribution in [0.15, 0.2) is 0 Å². The van der Waals surface area contributed by atoms with E-state index in [1.165, 1.54) is 0 Å². The van der Waals surface area contributed by atoms with Crippen molar-refractivity contribution in [2.75, 3.05) is 0 Å². The maximum absolute atomic E-state index is 10.6. The average Bonchev–Trinajstić information content (AvgIpc) is 1.59. The first-order valence-electron chi connectivity index (χ1n) is 2.82. The van der Waals surface area contributed by atoms with E-state index in [9.17, 15) is 4.79 Å². The van der Waals surface area contributed by atoms with Crippen molar-refractivity contribution in [3.8, 4) is 0 Å². The van der Waals surface area contributed by atoms with E-state index in [2.05, 4.69) is 0 Å². The molecular weight excluding hydrogens is 156 g/mol. The van der Waals surface area contributed by atoms with Crippen LogP contribution in [0.3, 0.4) is 0 Å². The molecule has 0 rings (SSSR count). The molecular formula is C4H12N2O3S. The van der Waals surface area contributed by atoms with Crippen LogP contribution in [0.2, 0.25) is 0 Å². The second-order valence-electron chi connectivity index (χ2n) is 1.87. The molecule has 0 heterocycles. The lowest BCUT2D eigenvalue weighted by molar-refractivity contribution is -0.119. The maximum Gasteiger partial charge on any atom is 0.239 e. The molecule has 62 valence electrons. The van der Waals surface area contributed by atoms with Crippen LogP contribution in [-0.2, 0) is 4.79 Å². The van der Waals surface area contributed by atoms with Gasteiger partial charge in [-0.2, -0.15) is 0 Å². The molecule has 0 fully saturated rings. The van der Waals surface area contributed by atoms with Crippen LogP contribution in [0.25, 0.3) is 0 Å². The topological polar surface area (TPSA) is 95.6 Å². The molecule has 0 saturated heterocycles. The summed E-state index contributed by atoms with van der Waals surface area (Å²) in [7, 11) is -3.35. The van der Waals surface area contributed by atoms with Gasteiger partial charge in [0, 0.05) is 6.42 Å². The molecule has 0 atom stereocenters. The lowest BCUT2D eigenvalue weighted by atomic mass is 10.3. The van der Waals surface area contributed by atoms with E-state index >= 15 is 0 Å². The molecule has 1 amide bonds. The lowest BCUT2D eigenvalue weighted by Crippen LogP contribution is -2.31. The van der Waals surface area contributed by atoms with E-state index in [1.807, 2.05) is 11.6 Å². The normalized spacial score (nSPS) is 12.8. The number of nitrogens with two attached hydrogens (primary N) is 1. The number of amides is 1. The van der Waals surface area contributed by atoms with Gasteiger partial charge < -0.3 is 0 Å². The van der Waals surface area contributed by atoms with Crippen molar-refractivity contribution < 1.29 is 13.9 Å². The molecule has 0 radical (unpaired) electrons. The molecule has 0 saturated carbocycles. The molecule has 0 aromatic heterocycles. The van der Waals surface area contributed by atoms with Crippen LogP contribution in [0.5, 0.6) is 0 Å². The van der Waals surface area contributed by atoms with Gasteiger partial charge in [-0.1, -0.05) is 17.9 Å². The first-order chi connectivity index (χ1) is 4.45. The highest BCUT2D eigenvalue weighted by atomic mass is 32.3. The van der Waals surface area contributed by atoms with Gasteiger partial charge in [-0.05, 0) is 6.42 Å². The molecule has 0 spiro atoms. The van der Waals surface area contributed by atoms with Gasteiger partial charge in [0.25, 0.3) is 0 Å². The Bertz CT molecular complexity index is 122. The third-order valence-electron chi connectivity index (χ3n) is 0.741. The first kappa shape index (κ1) is 9.70. The Labute approximate surface area is 61.2 Å². The van der Waals surface area contributed by atoms with Gasteiger partial charge in [0.2, 0.25) is 5.91 Å². The first-order valence-corrected chi connectivity index (χ1v) is 4.43. The minimum absolute atomic E-state index is 0.257. The van der Waals surface area contributed by atoms with Gasteiger partial charge in [-0.15, -0.1) is 0 Å². The van der Waals surface area contributed by atoms with Crippen LogP contribution in [0.4, 0.5) is 0 Å². The standard InChI is InChI=1S/C4H12N2O3S/c1-2-3-4(7)6-10(5,8)9/h8-9H,2-3,5H2,1H3,(H,6,7). The van der Waals surface area contributed by atoms with Gasteiger partial charge in [0.05, 0.1) is 0 Å². The smallest absolute Gasteiger partial charge is 0.239 e. The van der Waals surface area contributed by atoms with Crippen LogP contribution in [-0.4, -0.2) is 15.0 Å². The predicted molar refractivity (Wildman–Crippen MR) is 40.1 cm³/mol. The third kappa shape index (κ3) is 5.83. The molecule has 0 aliphatic carbocycles. The zero-order valence-corrected chi connectivity index (χ0v) is 6.52. The number of carbonyl (C=O) groups excluding carboxylic acids is 1. The molecule has 0 aromatic rings. The predicted octanol–water partition coefficient (Wildman–Crippen LogP) is 0.442. The monoisotopic (exact) mass is 168 g/mol. The fourth-order valence-electron chi connectivity index (χ4n) is 0.446. The maximum atomic E-state index is 10.6. The zero-order chi connectivity index (χ0) is 8.20. The average molecular weight is 168 g/mol. The van der Waals surface area contributed by atoms with Crippen LogP contribution >= 0.6 is 11.0 Å². The van der Waals surface area contributed by atoms with Crippen molar-refractivity contribution in [1.29, 1.82) is 0 Å². The highest BCUT2D eigenvalue weighted by Crippen LogP contribution is 2.20. The Kier molecular flexibility index (Phi) is 3.66. The summed E-state index contributed by atoms with van der Waals surface area (Å²) in [6, 6.07) is 0. The summed E-state index contributed by atoms with van der Waals surface area (Å²) in [6.07, 6.45) is 0.911. The largest absolute Gasteiger partial charge is 0.273 e. The lowest BCUT2D eigenvalue weighted by Gasteiger charge is -2.26. The van der Waals surface area contributed by atoms with E-state index in [-0.39, 0.29) is 6.42 Å². The van der Waals surface area contributed by atoms with E-state index in [4.69, 9.17) is 14.2 Å². The molecule has 0 bridgehead atoms. The summed E-state index contributed by atoms with van der Waals surface area (Å²) in [4.78, 5) is 10.6. The Morgan fingerprint density at radius 3 is 2.50 bits per heavy atom. The fourth-order valence-corrected chi connectivity index (χ4v) is 0.883. The summed E-state index contributed by atoms with van der Waals surface area (Å²) >= 11 is 0. The van der Waals surface area contributed by atoms with Crippen molar-refractivity contribution in [3.05, 3.63) is 0 Å². The second kappa shape index (κ2) is 3.77. The van der Waals surface area contributed by atoms with Crippen LogP contribution in [0, 0.1) is 0 Å². The van der Waals surface area contributed by atoms with Crippen LogP contribution in [0.1, 0.15) is 19.8 Å². The molecule has 5 nitrogen and oxygen atoms in total. The highest BCUT2D eigenvalue weighted by molar-refractivity contribution is 8.21. The van der Waals surface area contributed by atoms with Gasteiger partial charge in [-0.3, -0.25) is 13.9 Å². The van der Waals surface area contributed by atoms with Gasteiger partial charge in [-0.25, -0.2) is 9.86 Å². The van der Waals surface area contributed by atoms with Crippen molar-refractivity contribution in [3.63, 3.8) is 0 Å². The summed E-state index contributed by atoms with van der Waals surface area (Å²) in [5, 5.41) is 4.73. The number of hydrogen-bond acceptors (Lipinski definition) is 4. The van der Waals surface area contributed by atoms with Crippen LogP contribution < -0.4 is 9.86 Å². The quantitative estimate of drug-likeness (QED) is 0.491. The van der Waals surface area contributed by atoms with Crippen molar-refractivity contribution >= 4 is 16.9 Å². The Morgan fingerprint density at radius 1 is 1.70 bits per heavy atom. The van der Waals surface area contributed by atoms with E-state index in [0.29, 0.717) is 6.42 Å². The van der Waals surface area contributed by atoms with Crippen molar-refractivity contribution in [1.82, 2.24) is 4.72 Å². The minimum atomic E-state index is -3.35. The summed E-state index contributed by atoms with van der Waals surface area (Å²) in [6.45, 7) is 1.81. The Morgan fingerprint density at radius 2 is 2.20 bits per heavy atom. The Balaban J connectivity index is 3.58. The van der Waals surface area contributed by atoms with E-state index < -0.39 is 16.9 Å². The number of carbonyl (C=O) groups is 1.